The number of ketones is 1. The van der Waals surface area contributed by atoms with Crippen molar-refractivity contribution in [3.8, 4) is 5.75 Å². The molecule has 0 radical (unpaired) electrons. The predicted octanol–water partition coefficient (Wildman–Crippen LogP) is 2.80. The summed E-state index contributed by atoms with van der Waals surface area (Å²) < 4.78 is 43.1. The number of hydroxylamine groups is 2. The normalized spacial score (nSPS) is 26.6. The van der Waals surface area contributed by atoms with Gasteiger partial charge in [0.1, 0.15) is 18.1 Å². The number of fused-ring (bicyclic) bond motifs is 2. The van der Waals surface area contributed by atoms with Crippen molar-refractivity contribution in [2.45, 2.75) is 33.1 Å². The van der Waals surface area contributed by atoms with Crippen LogP contribution in [0.25, 0.3) is 10.8 Å². The molecule has 39 heavy (non-hydrogen) atoms. The van der Waals surface area contributed by atoms with Gasteiger partial charge in [-0.1, -0.05) is 26.0 Å². The van der Waals surface area contributed by atoms with Gasteiger partial charge in [-0.15, -0.1) is 9.35 Å². The molecule has 0 aromatic heterocycles. The average Bonchev–Trinajstić information content (AvgIpc) is 3.25. The SMILES string of the molecule is CC1(C)C2CCC1(CS(=O)(=O)ON1C(=O)c3cccc4c(OCCN5CCOCC5)ccc(c34)C1=O)C(=O)C2. The van der Waals surface area contributed by atoms with Crippen molar-refractivity contribution in [3.63, 3.8) is 0 Å². The molecule has 2 amide bonds. The minimum absolute atomic E-state index is 0.0940. The number of carbonyl (C=O) groups is 3. The van der Waals surface area contributed by atoms with E-state index in [1.54, 1.807) is 18.2 Å². The van der Waals surface area contributed by atoms with Crippen LogP contribution in [0.1, 0.15) is 53.8 Å². The molecule has 11 heteroatoms. The molecular weight excluding hydrogens is 524 g/mol. The minimum atomic E-state index is -4.46. The number of Topliss-reactive ketones (excluding diaryl/α,β-unsaturated/α-hetero) is 1. The lowest BCUT2D eigenvalue weighted by molar-refractivity contribution is -0.128. The van der Waals surface area contributed by atoms with Crippen LogP contribution in [-0.4, -0.2) is 81.2 Å². The first-order valence-electron chi connectivity index (χ1n) is 13.4. The second-order valence-electron chi connectivity index (χ2n) is 11.5. The Balaban J connectivity index is 1.24. The van der Waals surface area contributed by atoms with Gasteiger partial charge in [-0.3, -0.25) is 19.3 Å². The fourth-order valence-electron chi connectivity index (χ4n) is 6.90. The van der Waals surface area contributed by atoms with Crippen molar-refractivity contribution >= 4 is 38.5 Å². The first-order valence-corrected chi connectivity index (χ1v) is 14.9. The van der Waals surface area contributed by atoms with Gasteiger partial charge in [0.05, 0.1) is 35.5 Å². The fourth-order valence-corrected chi connectivity index (χ4v) is 8.60. The van der Waals surface area contributed by atoms with Crippen LogP contribution in [0.5, 0.6) is 5.75 Å². The average molecular weight is 557 g/mol. The monoisotopic (exact) mass is 556 g/mol. The van der Waals surface area contributed by atoms with Crippen molar-refractivity contribution in [2.75, 3.05) is 45.2 Å². The van der Waals surface area contributed by atoms with Crippen LogP contribution in [0.3, 0.4) is 0 Å². The van der Waals surface area contributed by atoms with Crippen molar-refractivity contribution < 1.29 is 36.6 Å². The molecule has 1 saturated heterocycles. The third-order valence-corrected chi connectivity index (χ3v) is 10.6. The van der Waals surface area contributed by atoms with Gasteiger partial charge < -0.3 is 9.47 Å². The lowest BCUT2D eigenvalue weighted by atomic mass is 9.70. The lowest BCUT2D eigenvalue weighted by Gasteiger charge is -2.36. The Morgan fingerprint density at radius 1 is 1.03 bits per heavy atom. The molecular formula is C28H32N2O8S. The molecule has 10 nitrogen and oxygen atoms in total. The second-order valence-corrected chi connectivity index (χ2v) is 13.0. The topological polar surface area (TPSA) is 120 Å². The zero-order chi connectivity index (χ0) is 27.6. The van der Waals surface area contributed by atoms with Crippen LogP contribution in [0.15, 0.2) is 30.3 Å². The summed E-state index contributed by atoms with van der Waals surface area (Å²) in [5.41, 5.74) is -1.30. The molecule has 2 bridgehead atoms. The number of benzene rings is 2. The van der Waals surface area contributed by atoms with E-state index < -0.39 is 38.5 Å². The van der Waals surface area contributed by atoms with E-state index in [1.165, 1.54) is 12.1 Å². The number of carbonyl (C=O) groups excluding carboxylic acids is 3. The summed E-state index contributed by atoms with van der Waals surface area (Å²) in [5, 5.41) is 1.31. The standard InChI is InChI=1S/C28H32N2O8S/c1-27(2)18-8-9-28(27,23(31)16-18)17-39(34,35)38-30-25(32)20-5-3-4-19-22(7-6-21(24(19)20)26(30)33)37-15-12-29-10-13-36-14-11-29/h3-7,18H,8-17H2,1-2H3. The van der Waals surface area contributed by atoms with E-state index in [0.29, 0.717) is 60.8 Å². The molecule has 2 unspecified atom stereocenters. The summed E-state index contributed by atoms with van der Waals surface area (Å²) in [6.07, 6.45) is 1.56. The van der Waals surface area contributed by atoms with E-state index in [-0.39, 0.29) is 22.8 Å². The first-order chi connectivity index (χ1) is 18.5. The fraction of sp³-hybridized carbons (Fsp3) is 0.536. The summed E-state index contributed by atoms with van der Waals surface area (Å²) >= 11 is 0. The van der Waals surface area contributed by atoms with Crippen LogP contribution >= 0.6 is 0 Å². The van der Waals surface area contributed by atoms with Gasteiger partial charge in [0.2, 0.25) is 0 Å². The minimum Gasteiger partial charge on any atom is -0.492 e. The molecule has 2 saturated carbocycles. The Morgan fingerprint density at radius 3 is 2.41 bits per heavy atom. The van der Waals surface area contributed by atoms with Crippen LogP contribution in [0.2, 0.25) is 0 Å². The number of morpholine rings is 1. The Bertz CT molecular complexity index is 1460. The summed E-state index contributed by atoms with van der Waals surface area (Å²) in [7, 11) is -4.46. The van der Waals surface area contributed by atoms with Crippen molar-refractivity contribution in [2.24, 2.45) is 16.7 Å². The van der Waals surface area contributed by atoms with Gasteiger partial charge in [0.25, 0.3) is 21.9 Å². The maximum atomic E-state index is 13.4. The lowest BCUT2D eigenvalue weighted by Crippen LogP contribution is -2.46. The van der Waals surface area contributed by atoms with Gasteiger partial charge in [-0.05, 0) is 42.4 Å². The van der Waals surface area contributed by atoms with Gasteiger partial charge in [-0.2, -0.15) is 8.42 Å². The van der Waals surface area contributed by atoms with Crippen LogP contribution < -0.4 is 4.74 Å². The highest BCUT2D eigenvalue weighted by Gasteiger charge is 2.65. The molecule has 2 heterocycles. The van der Waals surface area contributed by atoms with Crippen LogP contribution in [0.4, 0.5) is 0 Å². The van der Waals surface area contributed by atoms with Crippen LogP contribution in [-0.2, 0) is 23.9 Å². The number of nitrogens with zero attached hydrogens (tertiary/aromatic N) is 2. The molecule has 2 aromatic carbocycles. The highest BCUT2D eigenvalue weighted by Crippen LogP contribution is 2.64. The molecule has 4 aliphatic rings. The first kappa shape index (κ1) is 26.4. The molecule has 208 valence electrons. The maximum absolute atomic E-state index is 13.4. The Kier molecular flexibility index (Phi) is 6.33. The largest absolute Gasteiger partial charge is 0.492 e. The smallest absolute Gasteiger partial charge is 0.289 e. The van der Waals surface area contributed by atoms with E-state index in [2.05, 4.69) is 4.90 Å². The number of rotatable bonds is 8. The third-order valence-electron chi connectivity index (χ3n) is 9.35. The van der Waals surface area contributed by atoms with Gasteiger partial charge in [0, 0.05) is 36.8 Å². The van der Waals surface area contributed by atoms with E-state index >= 15 is 0 Å². The molecule has 3 fully saturated rings. The number of amides is 2. The highest BCUT2D eigenvalue weighted by atomic mass is 32.2. The summed E-state index contributed by atoms with van der Waals surface area (Å²) in [4.78, 5) is 41.9. The molecule has 0 spiro atoms. The molecule has 2 aliphatic heterocycles. The number of hydrogen-bond acceptors (Lipinski definition) is 9. The van der Waals surface area contributed by atoms with Crippen molar-refractivity contribution in [1.82, 2.24) is 9.96 Å². The molecule has 6 rings (SSSR count). The zero-order valence-electron chi connectivity index (χ0n) is 22.1. The third kappa shape index (κ3) is 4.18. The summed E-state index contributed by atoms with van der Waals surface area (Å²) in [6.45, 7) is 8.02. The summed E-state index contributed by atoms with van der Waals surface area (Å²) in [5.74, 6) is -1.75. The molecule has 0 N–H and O–H groups in total. The van der Waals surface area contributed by atoms with E-state index in [1.807, 2.05) is 13.8 Å². The zero-order valence-corrected chi connectivity index (χ0v) is 22.9. The van der Waals surface area contributed by atoms with E-state index in [0.717, 1.165) is 19.5 Å². The number of hydrogen-bond donors (Lipinski definition) is 0. The van der Waals surface area contributed by atoms with Gasteiger partial charge >= 0.3 is 0 Å². The number of imide groups is 1. The van der Waals surface area contributed by atoms with Crippen molar-refractivity contribution in [3.05, 3.63) is 41.5 Å². The molecule has 2 aliphatic carbocycles. The second kappa shape index (κ2) is 9.36. The highest BCUT2D eigenvalue weighted by molar-refractivity contribution is 7.86. The Morgan fingerprint density at radius 2 is 1.74 bits per heavy atom. The van der Waals surface area contributed by atoms with Crippen LogP contribution in [0, 0.1) is 16.7 Å². The molecule has 2 atom stereocenters. The maximum Gasteiger partial charge on any atom is 0.289 e. The molecule has 2 aromatic rings. The Hall–Kier alpha value is -2.86. The van der Waals surface area contributed by atoms with Gasteiger partial charge in [-0.25, -0.2) is 0 Å². The van der Waals surface area contributed by atoms with E-state index in [9.17, 15) is 22.8 Å². The number of ether oxygens (including phenoxy) is 2. The van der Waals surface area contributed by atoms with Gasteiger partial charge in [0.15, 0.2) is 0 Å². The predicted molar refractivity (Wildman–Crippen MR) is 141 cm³/mol. The van der Waals surface area contributed by atoms with E-state index in [4.69, 9.17) is 13.8 Å². The quantitative estimate of drug-likeness (QED) is 0.452. The Labute approximate surface area is 227 Å². The van der Waals surface area contributed by atoms with Crippen molar-refractivity contribution in [1.29, 1.82) is 0 Å². The summed E-state index contributed by atoms with van der Waals surface area (Å²) in [6, 6.07) is 8.14.